The number of aliphatic carboxylic acids is 1. The number of amides is 4. The predicted molar refractivity (Wildman–Crippen MR) is 121 cm³/mol. The van der Waals surface area contributed by atoms with Gasteiger partial charge in [-0.05, 0) is 5.92 Å². The minimum Gasteiger partial charge on any atom is -0.480 e. The first-order valence-corrected chi connectivity index (χ1v) is 10.9. The van der Waals surface area contributed by atoms with Gasteiger partial charge in [-0.2, -0.15) is 12.6 Å². The number of primary amides is 1. The van der Waals surface area contributed by atoms with Crippen LogP contribution in [0.15, 0.2) is 12.5 Å². The molecule has 13 nitrogen and oxygen atoms in total. The average Bonchev–Trinajstić information content (AvgIpc) is 3.26. The number of aromatic nitrogens is 2. The minimum absolute atomic E-state index is 0.160. The van der Waals surface area contributed by atoms with Crippen LogP contribution in [0.4, 0.5) is 0 Å². The van der Waals surface area contributed by atoms with Crippen LogP contribution >= 0.6 is 12.6 Å². The molecule has 9 N–H and O–H groups in total. The Kier molecular flexibility index (Phi) is 11.4. The summed E-state index contributed by atoms with van der Waals surface area (Å²) in [6.07, 6.45) is 3.06. The van der Waals surface area contributed by atoms with Gasteiger partial charge in [0.2, 0.25) is 23.6 Å². The van der Waals surface area contributed by atoms with Crippen LogP contribution in [0.5, 0.6) is 0 Å². The van der Waals surface area contributed by atoms with Gasteiger partial charge >= 0.3 is 5.97 Å². The summed E-state index contributed by atoms with van der Waals surface area (Å²) in [5.41, 5.74) is 11.8. The number of hydrogen-bond acceptors (Lipinski definition) is 8. The molecule has 1 heterocycles. The van der Waals surface area contributed by atoms with Gasteiger partial charge < -0.3 is 37.5 Å². The van der Waals surface area contributed by atoms with E-state index < -0.39 is 60.2 Å². The largest absolute Gasteiger partial charge is 0.480 e. The van der Waals surface area contributed by atoms with Crippen molar-refractivity contribution in [2.24, 2.45) is 17.4 Å². The molecule has 5 atom stereocenters. The predicted octanol–water partition coefficient (Wildman–Crippen LogP) is -2.33. The van der Waals surface area contributed by atoms with Crippen molar-refractivity contribution in [3.05, 3.63) is 18.2 Å². The summed E-state index contributed by atoms with van der Waals surface area (Å²) >= 11 is 3.86. The van der Waals surface area contributed by atoms with Gasteiger partial charge in [-0.25, -0.2) is 9.78 Å². The number of carbonyl (C=O) groups is 5. The van der Waals surface area contributed by atoms with Gasteiger partial charge in [-0.1, -0.05) is 20.3 Å². The van der Waals surface area contributed by atoms with Crippen LogP contribution in [0.25, 0.3) is 0 Å². The molecular weight excluding hydrogens is 454 g/mol. The first-order valence-electron chi connectivity index (χ1n) is 10.3. The molecule has 0 saturated carbocycles. The van der Waals surface area contributed by atoms with E-state index in [9.17, 15) is 24.0 Å². The number of carbonyl (C=O) groups excluding carboxylic acids is 4. The van der Waals surface area contributed by atoms with Gasteiger partial charge in [0, 0.05) is 24.1 Å². The van der Waals surface area contributed by atoms with Gasteiger partial charge in [0.1, 0.15) is 18.1 Å². The Morgan fingerprint density at radius 1 is 1.12 bits per heavy atom. The van der Waals surface area contributed by atoms with Gasteiger partial charge in [0.15, 0.2) is 0 Å². The molecule has 0 fully saturated rings. The Balaban J connectivity index is 2.95. The number of thiol groups is 1. The smallest absolute Gasteiger partial charge is 0.327 e. The summed E-state index contributed by atoms with van der Waals surface area (Å²) in [5, 5.41) is 16.2. The van der Waals surface area contributed by atoms with Crippen molar-refractivity contribution in [1.82, 2.24) is 25.9 Å². The van der Waals surface area contributed by atoms with Crippen molar-refractivity contribution in [1.29, 1.82) is 0 Å². The molecule has 184 valence electrons. The van der Waals surface area contributed by atoms with E-state index in [1.165, 1.54) is 12.5 Å². The van der Waals surface area contributed by atoms with Crippen LogP contribution < -0.4 is 27.4 Å². The lowest BCUT2D eigenvalue weighted by molar-refractivity contribution is -0.141. The fourth-order valence-corrected chi connectivity index (χ4v) is 3.07. The quantitative estimate of drug-likeness (QED) is 0.133. The van der Waals surface area contributed by atoms with Gasteiger partial charge in [-0.15, -0.1) is 0 Å². The lowest BCUT2D eigenvalue weighted by Crippen LogP contribution is -2.59. The second kappa shape index (κ2) is 13.4. The molecule has 0 aliphatic heterocycles. The zero-order chi connectivity index (χ0) is 25.1. The molecule has 1 rings (SSSR count). The molecule has 33 heavy (non-hydrogen) atoms. The molecule has 0 saturated heterocycles. The number of hydrogen-bond donors (Lipinski definition) is 8. The maximum atomic E-state index is 13.0. The van der Waals surface area contributed by atoms with Crippen molar-refractivity contribution in [3.63, 3.8) is 0 Å². The Labute approximate surface area is 196 Å². The summed E-state index contributed by atoms with van der Waals surface area (Å²) in [4.78, 5) is 67.3. The van der Waals surface area contributed by atoms with Crippen molar-refractivity contribution < 1.29 is 29.1 Å². The number of imidazole rings is 1. The first-order chi connectivity index (χ1) is 15.5. The molecule has 4 amide bonds. The summed E-state index contributed by atoms with van der Waals surface area (Å²) in [6, 6.07) is -4.82. The highest BCUT2D eigenvalue weighted by Gasteiger charge is 2.33. The third kappa shape index (κ3) is 9.10. The van der Waals surface area contributed by atoms with Crippen molar-refractivity contribution in [2.75, 3.05) is 5.75 Å². The highest BCUT2D eigenvalue weighted by atomic mass is 32.1. The number of rotatable bonds is 14. The highest BCUT2D eigenvalue weighted by Crippen LogP contribution is 2.10. The molecule has 0 aliphatic rings. The van der Waals surface area contributed by atoms with E-state index in [1.54, 1.807) is 13.8 Å². The molecule has 0 radical (unpaired) electrons. The molecule has 14 heteroatoms. The number of H-pyrrole nitrogens is 1. The van der Waals surface area contributed by atoms with Crippen molar-refractivity contribution in [3.8, 4) is 0 Å². The monoisotopic (exact) mass is 485 g/mol. The van der Waals surface area contributed by atoms with Crippen LogP contribution in [0.1, 0.15) is 32.4 Å². The SMILES string of the molecule is CCC(C)C(NC(=O)C(N)Cc1cnc[nH]1)C(=O)NC(CC(N)=O)C(=O)NC(CS)C(=O)O. The third-order valence-corrected chi connectivity index (χ3v) is 5.33. The Bertz CT molecular complexity index is 835. The van der Waals surface area contributed by atoms with E-state index in [-0.39, 0.29) is 18.1 Å². The van der Waals surface area contributed by atoms with E-state index in [0.717, 1.165) is 0 Å². The van der Waals surface area contributed by atoms with E-state index in [2.05, 4.69) is 38.5 Å². The van der Waals surface area contributed by atoms with Crippen LogP contribution in [0, 0.1) is 5.92 Å². The molecule has 0 aromatic carbocycles. The number of nitrogens with two attached hydrogens (primary N) is 2. The molecule has 0 bridgehead atoms. The number of nitrogens with zero attached hydrogens (tertiary/aromatic N) is 1. The van der Waals surface area contributed by atoms with Gasteiger partial charge in [0.25, 0.3) is 0 Å². The summed E-state index contributed by atoms with van der Waals surface area (Å²) < 4.78 is 0. The fraction of sp³-hybridized carbons (Fsp3) is 0.579. The average molecular weight is 486 g/mol. The topological polar surface area (TPSA) is 222 Å². The van der Waals surface area contributed by atoms with E-state index in [0.29, 0.717) is 12.1 Å². The highest BCUT2D eigenvalue weighted by molar-refractivity contribution is 7.80. The molecule has 1 aromatic rings. The number of carboxylic acid groups (broad SMARTS) is 1. The van der Waals surface area contributed by atoms with Crippen LogP contribution in [-0.4, -0.2) is 74.6 Å². The van der Waals surface area contributed by atoms with Gasteiger partial charge in [-0.3, -0.25) is 19.2 Å². The summed E-state index contributed by atoms with van der Waals surface area (Å²) in [6.45, 7) is 3.52. The zero-order valence-corrected chi connectivity index (χ0v) is 19.3. The standard InChI is InChI=1S/C19H31N7O6S/c1-3-9(2)15(26-16(28)11(20)4-10-6-22-8-23-10)18(30)24-12(5-14(21)27)17(29)25-13(7-33)19(31)32/h6,8-9,11-13,15,33H,3-5,7,20H2,1-2H3,(H2,21,27)(H,22,23)(H,24,30)(H,25,29)(H,26,28)(H,31,32). The number of nitrogens with one attached hydrogen (secondary N) is 4. The summed E-state index contributed by atoms with van der Waals surface area (Å²) in [5.74, 6) is -5.05. The maximum Gasteiger partial charge on any atom is 0.327 e. The lowest BCUT2D eigenvalue weighted by atomic mass is 9.97. The van der Waals surface area contributed by atoms with Crippen molar-refractivity contribution in [2.45, 2.75) is 57.3 Å². The lowest BCUT2D eigenvalue weighted by Gasteiger charge is -2.27. The summed E-state index contributed by atoms with van der Waals surface area (Å²) in [7, 11) is 0. The maximum absolute atomic E-state index is 13.0. The van der Waals surface area contributed by atoms with Gasteiger partial charge in [0.05, 0.1) is 18.8 Å². The second-order valence-corrected chi connectivity index (χ2v) is 7.94. The van der Waals surface area contributed by atoms with Crippen molar-refractivity contribution >= 4 is 42.2 Å². The van der Waals surface area contributed by atoms with Crippen LogP contribution in [0.3, 0.4) is 0 Å². The molecule has 1 aromatic heterocycles. The second-order valence-electron chi connectivity index (χ2n) is 7.57. The normalized spacial score (nSPS) is 15.4. The molecular formula is C19H31N7O6S. The molecule has 5 unspecified atom stereocenters. The Hall–Kier alpha value is -3.13. The minimum atomic E-state index is -1.45. The van der Waals surface area contributed by atoms with E-state index in [1.807, 2.05) is 0 Å². The third-order valence-electron chi connectivity index (χ3n) is 4.96. The fourth-order valence-electron chi connectivity index (χ4n) is 2.82. The Morgan fingerprint density at radius 3 is 2.24 bits per heavy atom. The van der Waals surface area contributed by atoms with Crippen LogP contribution in [-0.2, 0) is 30.4 Å². The molecule has 0 aliphatic carbocycles. The van der Waals surface area contributed by atoms with E-state index in [4.69, 9.17) is 16.6 Å². The Morgan fingerprint density at radius 2 is 1.76 bits per heavy atom. The first kappa shape index (κ1) is 27.9. The number of aromatic amines is 1. The zero-order valence-electron chi connectivity index (χ0n) is 18.4. The van der Waals surface area contributed by atoms with E-state index >= 15 is 0 Å². The number of carboxylic acids is 1. The molecule has 0 spiro atoms. The van der Waals surface area contributed by atoms with Crippen LogP contribution in [0.2, 0.25) is 0 Å².